The summed E-state index contributed by atoms with van der Waals surface area (Å²) in [5.74, 6) is -0.249. The molecule has 5 heteroatoms. The Kier molecular flexibility index (Phi) is 4.72. The zero-order chi connectivity index (χ0) is 13.1. The fraction of sp³-hybridized carbons (Fsp3) is 0.538. The van der Waals surface area contributed by atoms with E-state index in [2.05, 4.69) is 20.8 Å². The van der Waals surface area contributed by atoms with Crippen LogP contribution in [0.3, 0.4) is 0 Å². The van der Waals surface area contributed by atoms with E-state index in [1.165, 1.54) is 6.07 Å². The second-order valence-electron chi connectivity index (χ2n) is 4.61. The minimum atomic E-state index is -0.249. The molecule has 1 saturated heterocycles. The molecule has 1 aliphatic rings. The van der Waals surface area contributed by atoms with Gasteiger partial charge >= 0.3 is 0 Å². The number of hydrogen-bond acceptors (Lipinski definition) is 3. The summed E-state index contributed by atoms with van der Waals surface area (Å²) in [7, 11) is 2.05. The normalized spacial score (nSPS) is 21.5. The van der Waals surface area contributed by atoms with Crippen molar-refractivity contribution in [2.24, 2.45) is 5.73 Å². The van der Waals surface area contributed by atoms with Gasteiger partial charge < -0.3 is 10.5 Å². The SMILES string of the molecule is CN(C1CCOC1)C(CN)c1ccc(F)c(Br)c1. The van der Waals surface area contributed by atoms with E-state index in [1.54, 1.807) is 12.1 Å². The van der Waals surface area contributed by atoms with Gasteiger partial charge in [-0.25, -0.2) is 4.39 Å². The second kappa shape index (κ2) is 6.10. The molecule has 1 aromatic rings. The highest BCUT2D eigenvalue weighted by molar-refractivity contribution is 9.10. The molecule has 3 nitrogen and oxygen atoms in total. The lowest BCUT2D eigenvalue weighted by Crippen LogP contribution is -2.39. The number of ether oxygens (including phenoxy) is 1. The number of halogens is 2. The van der Waals surface area contributed by atoms with Crippen LogP contribution in [0.15, 0.2) is 22.7 Å². The van der Waals surface area contributed by atoms with Gasteiger partial charge in [-0.2, -0.15) is 0 Å². The summed E-state index contributed by atoms with van der Waals surface area (Å²) in [5, 5.41) is 0. The quantitative estimate of drug-likeness (QED) is 0.926. The van der Waals surface area contributed by atoms with Crippen LogP contribution in [0, 0.1) is 5.82 Å². The van der Waals surface area contributed by atoms with Gasteiger partial charge in [0.1, 0.15) is 5.82 Å². The van der Waals surface area contributed by atoms with Crippen LogP contribution in [0.2, 0.25) is 0 Å². The maximum Gasteiger partial charge on any atom is 0.137 e. The van der Waals surface area contributed by atoms with E-state index in [1.807, 2.05) is 7.05 Å². The molecule has 0 radical (unpaired) electrons. The highest BCUT2D eigenvalue weighted by atomic mass is 79.9. The number of rotatable bonds is 4. The van der Waals surface area contributed by atoms with Crippen molar-refractivity contribution < 1.29 is 9.13 Å². The fourth-order valence-corrected chi connectivity index (χ4v) is 2.75. The average Bonchev–Trinajstić information content (AvgIpc) is 2.88. The Morgan fingerprint density at radius 1 is 1.61 bits per heavy atom. The summed E-state index contributed by atoms with van der Waals surface area (Å²) in [6.07, 6.45) is 1.02. The first kappa shape index (κ1) is 13.9. The molecular formula is C13H18BrFN2O. The third-order valence-corrected chi connectivity index (χ3v) is 4.13. The molecule has 2 unspecified atom stereocenters. The Bertz CT molecular complexity index is 410. The number of hydrogen-bond donors (Lipinski definition) is 1. The zero-order valence-corrected chi connectivity index (χ0v) is 12.0. The Balaban J connectivity index is 2.18. The maximum atomic E-state index is 13.3. The Morgan fingerprint density at radius 2 is 2.39 bits per heavy atom. The van der Waals surface area contributed by atoms with Gasteiger partial charge in [0.25, 0.3) is 0 Å². The molecule has 0 aliphatic carbocycles. The molecule has 2 N–H and O–H groups in total. The minimum Gasteiger partial charge on any atom is -0.380 e. The molecule has 1 heterocycles. The fourth-order valence-electron chi connectivity index (χ4n) is 2.35. The van der Waals surface area contributed by atoms with Gasteiger partial charge in [-0.15, -0.1) is 0 Å². The first-order chi connectivity index (χ1) is 8.63. The first-order valence-electron chi connectivity index (χ1n) is 6.08. The van der Waals surface area contributed by atoms with Gasteiger partial charge in [0.05, 0.1) is 11.1 Å². The molecule has 0 aromatic heterocycles. The summed E-state index contributed by atoms with van der Waals surface area (Å²) in [4.78, 5) is 2.23. The molecule has 2 rings (SSSR count). The van der Waals surface area contributed by atoms with Crippen LogP contribution in [0.4, 0.5) is 4.39 Å². The van der Waals surface area contributed by atoms with E-state index in [0.717, 1.165) is 25.2 Å². The summed E-state index contributed by atoms with van der Waals surface area (Å²) in [5.41, 5.74) is 6.90. The molecule has 0 amide bonds. The van der Waals surface area contributed by atoms with Crippen LogP contribution in [0.25, 0.3) is 0 Å². The van der Waals surface area contributed by atoms with Crippen LogP contribution in [-0.2, 0) is 4.74 Å². The Labute approximate surface area is 115 Å². The van der Waals surface area contributed by atoms with Crippen LogP contribution < -0.4 is 5.73 Å². The average molecular weight is 317 g/mol. The van der Waals surface area contributed by atoms with E-state index in [4.69, 9.17) is 10.5 Å². The zero-order valence-electron chi connectivity index (χ0n) is 10.4. The van der Waals surface area contributed by atoms with Crippen molar-refractivity contribution in [3.63, 3.8) is 0 Å². The highest BCUT2D eigenvalue weighted by Gasteiger charge is 2.26. The van der Waals surface area contributed by atoms with E-state index < -0.39 is 0 Å². The molecule has 0 saturated carbocycles. The summed E-state index contributed by atoms with van der Waals surface area (Å²) >= 11 is 3.22. The molecule has 0 spiro atoms. The van der Waals surface area contributed by atoms with Crippen molar-refractivity contribution in [2.45, 2.75) is 18.5 Å². The molecule has 1 fully saturated rings. The monoisotopic (exact) mass is 316 g/mol. The number of benzene rings is 1. The highest BCUT2D eigenvalue weighted by Crippen LogP contribution is 2.27. The lowest BCUT2D eigenvalue weighted by molar-refractivity contribution is 0.134. The van der Waals surface area contributed by atoms with E-state index in [-0.39, 0.29) is 11.9 Å². The lowest BCUT2D eigenvalue weighted by atomic mass is 10.0. The first-order valence-corrected chi connectivity index (χ1v) is 6.87. The standard InChI is InChI=1S/C13H18BrFN2O/c1-17(10-4-5-18-8-10)13(7-16)9-2-3-12(15)11(14)6-9/h2-3,6,10,13H,4-5,7-8,16H2,1H3. The number of nitrogens with two attached hydrogens (primary N) is 1. The number of nitrogens with zero attached hydrogens (tertiary/aromatic N) is 1. The lowest BCUT2D eigenvalue weighted by Gasteiger charge is -2.32. The van der Waals surface area contributed by atoms with Gasteiger partial charge in [-0.05, 0) is 47.1 Å². The third-order valence-electron chi connectivity index (χ3n) is 3.52. The predicted molar refractivity (Wildman–Crippen MR) is 72.9 cm³/mol. The van der Waals surface area contributed by atoms with E-state index in [0.29, 0.717) is 17.1 Å². The smallest absolute Gasteiger partial charge is 0.137 e. The Morgan fingerprint density at radius 3 is 2.94 bits per heavy atom. The molecule has 0 bridgehead atoms. The summed E-state index contributed by atoms with van der Waals surface area (Å²) in [6, 6.07) is 5.56. The second-order valence-corrected chi connectivity index (χ2v) is 5.46. The van der Waals surface area contributed by atoms with Crippen molar-refractivity contribution in [1.29, 1.82) is 0 Å². The van der Waals surface area contributed by atoms with Gasteiger partial charge in [0, 0.05) is 25.2 Å². The predicted octanol–water partition coefficient (Wildman–Crippen LogP) is 2.31. The largest absolute Gasteiger partial charge is 0.380 e. The van der Waals surface area contributed by atoms with Gasteiger partial charge in [0.15, 0.2) is 0 Å². The van der Waals surface area contributed by atoms with Crippen LogP contribution in [-0.4, -0.2) is 37.7 Å². The Hall–Kier alpha value is -0.490. The molecular weight excluding hydrogens is 299 g/mol. The van der Waals surface area contributed by atoms with Crippen LogP contribution >= 0.6 is 15.9 Å². The van der Waals surface area contributed by atoms with Crippen molar-refractivity contribution in [1.82, 2.24) is 4.90 Å². The third kappa shape index (κ3) is 2.91. The molecule has 100 valence electrons. The summed E-state index contributed by atoms with van der Waals surface area (Å²) < 4.78 is 19.1. The van der Waals surface area contributed by atoms with Crippen LogP contribution in [0.5, 0.6) is 0 Å². The minimum absolute atomic E-state index is 0.0913. The van der Waals surface area contributed by atoms with E-state index in [9.17, 15) is 4.39 Å². The van der Waals surface area contributed by atoms with Crippen molar-refractivity contribution >= 4 is 15.9 Å². The van der Waals surface area contributed by atoms with E-state index >= 15 is 0 Å². The topological polar surface area (TPSA) is 38.5 Å². The van der Waals surface area contributed by atoms with Gasteiger partial charge in [-0.3, -0.25) is 4.90 Å². The van der Waals surface area contributed by atoms with Gasteiger partial charge in [0.2, 0.25) is 0 Å². The van der Waals surface area contributed by atoms with Crippen molar-refractivity contribution in [2.75, 3.05) is 26.8 Å². The molecule has 1 aliphatic heterocycles. The van der Waals surface area contributed by atoms with Gasteiger partial charge in [-0.1, -0.05) is 6.07 Å². The summed E-state index contributed by atoms with van der Waals surface area (Å²) in [6.45, 7) is 2.06. The number of likely N-dealkylation sites (N-methyl/N-ethyl adjacent to an activating group) is 1. The molecule has 2 atom stereocenters. The van der Waals surface area contributed by atoms with Crippen molar-refractivity contribution in [3.8, 4) is 0 Å². The molecule has 1 aromatic carbocycles. The van der Waals surface area contributed by atoms with Crippen molar-refractivity contribution in [3.05, 3.63) is 34.1 Å². The van der Waals surface area contributed by atoms with Crippen LogP contribution in [0.1, 0.15) is 18.0 Å². The maximum absolute atomic E-state index is 13.3. The molecule has 18 heavy (non-hydrogen) atoms.